The molecule has 28 heavy (non-hydrogen) atoms. The minimum atomic E-state index is -0.332. The Labute approximate surface area is 169 Å². The van der Waals surface area contributed by atoms with Gasteiger partial charge in [0, 0.05) is 24.2 Å². The fraction of sp³-hybridized carbons (Fsp3) is 0.130. The Morgan fingerprint density at radius 3 is 2.46 bits per heavy atom. The zero-order valence-corrected chi connectivity index (χ0v) is 16.2. The van der Waals surface area contributed by atoms with Gasteiger partial charge < -0.3 is 9.64 Å². The van der Waals surface area contributed by atoms with Crippen LogP contribution in [-0.2, 0) is 0 Å². The molecule has 3 aromatic rings. The number of carbonyl (C=O) groups is 1. The SMILES string of the molecule is [CH2]CCN(C)C(=O)c1ccc(Oc2ccc(F)cc2)cc1-c1cccc(Cl)c1. The smallest absolute Gasteiger partial charge is 0.254 e. The van der Waals surface area contributed by atoms with Crippen LogP contribution in [0, 0.1) is 12.7 Å². The van der Waals surface area contributed by atoms with E-state index in [0.717, 1.165) is 5.56 Å². The monoisotopic (exact) mass is 396 g/mol. The summed E-state index contributed by atoms with van der Waals surface area (Å²) in [6, 6.07) is 18.3. The lowest BCUT2D eigenvalue weighted by atomic mass is 9.98. The molecule has 0 aromatic heterocycles. The molecule has 0 heterocycles. The lowest BCUT2D eigenvalue weighted by Crippen LogP contribution is -2.27. The summed E-state index contributed by atoms with van der Waals surface area (Å²) in [6.07, 6.45) is 0.625. The molecular weight excluding hydrogens is 377 g/mol. The highest BCUT2D eigenvalue weighted by Crippen LogP contribution is 2.32. The van der Waals surface area contributed by atoms with Crippen molar-refractivity contribution in [3.63, 3.8) is 0 Å². The van der Waals surface area contributed by atoms with Crippen LogP contribution < -0.4 is 4.74 Å². The first-order valence-corrected chi connectivity index (χ1v) is 9.24. The van der Waals surface area contributed by atoms with Gasteiger partial charge in [0.25, 0.3) is 5.91 Å². The van der Waals surface area contributed by atoms with Crippen molar-refractivity contribution in [3.8, 4) is 22.6 Å². The van der Waals surface area contributed by atoms with Gasteiger partial charge in [0.1, 0.15) is 17.3 Å². The fourth-order valence-electron chi connectivity index (χ4n) is 2.85. The van der Waals surface area contributed by atoms with Crippen LogP contribution in [-0.4, -0.2) is 24.4 Å². The van der Waals surface area contributed by atoms with Gasteiger partial charge in [-0.2, -0.15) is 0 Å². The van der Waals surface area contributed by atoms with Crippen LogP contribution in [0.15, 0.2) is 66.7 Å². The van der Waals surface area contributed by atoms with Gasteiger partial charge in [-0.05, 0) is 72.1 Å². The van der Waals surface area contributed by atoms with Crippen molar-refractivity contribution in [1.29, 1.82) is 0 Å². The van der Waals surface area contributed by atoms with E-state index < -0.39 is 0 Å². The molecule has 1 amide bonds. The van der Waals surface area contributed by atoms with Crippen LogP contribution in [0.1, 0.15) is 16.8 Å². The number of ether oxygens (including phenoxy) is 1. The van der Waals surface area contributed by atoms with Gasteiger partial charge >= 0.3 is 0 Å². The fourth-order valence-corrected chi connectivity index (χ4v) is 3.04. The topological polar surface area (TPSA) is 29.5 Å². The normalized spacial score (nSPS) is 10.6. The lowest BCUT2D eigenvalue weighted by Gasteiger charge is -2.19. The van der Waals surface area contributed by atoms with Crippen molar-refractivity contribution < 1.29 is 13.9 Å². The van der Waals surface area contributed by atoms with E-state index in [1.54, 1.807) is 54.4 Å². The first kappa shape index (κ1) is 19.9. The molecule has 0 spiro atoms. The van der Waals surface area contributed by atoms with E-state index in [4.69, 9.17) is 16.3 Å². The number of halogens is 2. The second kappa shape index (κ2) is 8.89. The van der Waals surface area contributed by atoms with Crippen LogP contribution >= 0.6 is 11.6 Å². The zero-order chi connectivity index (χ0) is 20.1. The predicted molar refractivity (Wildman–Crippen MR) is 110 cm³/mol. The molecule has 1 radical (unpaired) electrons. The molecule has 0 atom stereocenters. The largest absolute Gasteiger partial charge is 0.457 e. The van der Waals surface area contributed by atoms with Crippen LogP contribution in [0.3, 0.4) is 0 Å². The van der Waals surface area contributed by atoms with Gasteiger partial charge in [-0.25, -0.2) is 4.39 Å². The molecule has 0 unspecified atom stereocenters. The highest BCUT2D eigenvalue weighted by molar-refractivity contribution is 6.30. The third-order valence-corrected chi connectivity index (χ3v) is 4.48. The van der Waals surface area contributed by atoms with E-state index in [-0.39, 0.29) is 11.7 Å². The zero-order valence-electron chi connectivity index (χ0n) is 15.5. The van der Waals surface area contributed by atoms with E-state index in [1.165, 1.54) is 12.1 Å². The summed E-state index contributed by atoms with van der Waals surface area (Å²) in [4.78, 5) is 14.5. The molecule has 0 saturated carbocycles. The Bertz CT molecular complexity index is 973. The Morgan fingerprint density at radius 2 is 1.79 bits per heavy atom. The molecule has 0 saturated heterocycles. The minimum absolute atomic E-state index is 0.105. The van der Waals surface area contributed by atoms with Crippen molar-refractivity contribution in [3.05, 3.63) is 90.1 Å². The summed E-state index contributed by atoms with van der Waals surface area (Å²) in [5.74, 6) is 0.609. The minimum Gasteiger partial charge on any atom is -0.457 e. The number of nitrogens with zero attached hydrogens (tertiary/aromatic N) is 1. The highest BCUT2D eigenvalue weighted by atomic mass is 35.5. The van der Waals surface area contributed by atoms with Crippen LogP contribution in [0.2, 0.25) is 5.02 Å². The van der Waals surface area contributed by atoms with Crippen molar-refractivity contribution >= 4 is 17.5 Å². The summed E-state index contributed by atoms with van der Waals surface area (Å²) in [7, 11) is 1.75. The Hall–Kier alpha value is -2.85. The molecule has 0 aliphatic heterocycles. The lowest BCUT2D eigenvalue weighted by molar-refractivity contribution is 0.0798. The summed E-state index contributed by atoms with van der Waals surface area (Å²) in [5, 5.41) is 0.576. The summed E-state index contributed by atoms with van der Waals surface area (Å²) < 4.78 is 18.9. The second-order valence-electron chi connectivity index (χ2n) is 6.35. The molecule has 0 fully saturated rings. The number of carbonyl (C=O) groups excluding carboxylic acids is 1. The quantitative estimate of drug-likeness (QED) is 0.494. The van der Waals surface area contributed by atoms with Crippen molar-refractivity contribution in [1.82, 2.24) is 4.90 Å². The highest BCUT2D eigenvalue weighted by Gasteiger charge is 2.18. The third kappa shape index (κ3) is 4.70. The van der Waals surface area contributed by atoms with Crippen LogP contribution in [0.5, 0.6) is 11.5 Å². The Kier molecular flexibility index (Phi) is 6.32. The van der Waals surface area contributed by atoms with Gasteiger partial charge in [0.15, 0.2) is 0 Å². The first-order valence-electron chi connectivity index (χ1n) is 8.86. The summed E-state index contributed by atoms with van der Waals surface area (Å²) in [6.45, 7) is 4.36. The molecule has 5 heteroatoms. The van der Waals surface area contributed by atoms with Crippen LogP contribution in [0.25, 0.3) is 11.1 Å². The maximum absolute atomic E-state index is 13.1. The third-order valence-electron chi connectivity index (χ3n) is 4.25. The number of benzene rings is 3. The molecule has 0 bridgehead atoms. The first-order chi connectivity index (χ1) is 13.5. The second-order valence-corrected chi connectivity index (χ2v) is 6.79. The average Bonchev–Trinajstić information content (AvgIpc) is 2.69. The van der Waals surface area contributed by atoms with E-state index in [1.807, 2.05) is 12.1 Å². The van der Waals surface area contributed by atoms with Crippen molar-refractivity contribution in [2.24, 2.45) is 0 Å². The van der Waals surface area contributed by atoms with Gasteiger partial charge in [0.2, 0.25) is 0 Å². The number of rotatable bonds is 6. The summed E-state index contributed by atoms with van der Waals surface area (Å²) in [5.41, 5.74) is 2.07. The molecule has 0 aliphatic rings. The van der Waals surface area contributed by atoms with E-state index >= 15 is 0 Å². The molecule has 143 valence electrons. The molecule has 3 aromatic carbocycles. The Morgan fingerprint density at radius 1 is 1.07 bits per heavy atom. The molecule has 3 rings (SSSR count). The average molecular weight is 397 g/mol. The standard InChI is InChI=1S/C23H20ClFNO2/c1-3-13-26(2)23(27)21-12-11-20(28-19-9-7-18(25)8-10-19)15-22(21)16-5-4-6-17(24)14-16/h4-12,14-15H,1,3,13H2,2H3. The van der Waals surface area contributed by atoms with E-state index in [2.05, 4.69) is 6.92 Å². The maximum atomic E-state index is 13.1. The van der Waals surface area contributed by atoms with Crippen molar-refractivity contribution in [2.45, 2.75) is 6.42 Å². The van der Waals surface area contributed by atoms with Gasteiger partial charge in [-0.1, -0.05) is 30.7 Å². The van der Waals surface area contributed by atoms with Gasteiger partial charge in [0.05, 0.1) is 0 Å². The maximum Gasteiger partial charge on any atom is 0.254 e. The van der Waals surface area contributed by atoms with E-state index in [0.29, 0.717) is 40.6 Å². The predicted octanol–water partition coefficient (Wildman–Crippen LogP) is 6.23. The van der Waals surface area contributed by atoms with Gasteiger partial charge in [-0.3, -0.25) is 4.79 Å². The van der Waals surface area contributed by atoms with Crippen molar-refractivity contribution in [2.75, 3.05) is 13.6 Å². The number of amides is 1. The molecule has 0 N–H and O–H groups in total. The molecular formula is C23H20ClFNO2. The van der Waals surface area contributed by atoms with E-state index in [9.17, 15) is 9.18 Å². The Balaban J connectivity index is 2.02. The number of hydrogen-bond donors (Lipinski definition) is 0. The molecule has 3 nitrogen and oxygen atoms in total. The number of hydrogen-bond acceptors (Lipinski definition) is 2. The molecule has 0 aliphatic carbocycles. The summed E-state index contributed by atoms with van der Waals surface area (Å²) >= 11 is 6.15. The van der Waals surface area contributed by atoms with Gasteiger partial charge in [-0.15, -0.1) is 0 Å². The van der Waals surface area contributed by atoms with Crippen LogP contribution in [0.4, 0.5) is 4.39 Å².